The largest absolute Gasteiger partial charge is 0.481 e. The highest BCUT2D eigenvalue weighted by atomic mass is 16.5. The highest BCUT2D eigenvalue weighted by Gasteiger charge is 2.37. The molecule has 0 saturated carbocycles. The molecule has 4 N–H and O–H groups in total. The van der Waals surface area contributed by atoms with E-state index < -0.39 is 17.7 Å². The highest BCUT2D eigenvalue weighted by Crippen LogP contribution is 2.36. The van der Waals surface area contributed by atoms with Crippen molar-refractivity contribution in [3.8, 4) is 0 Å². The zero-order chi connectivity index (χ0) is 37.0. The Labute approximate surface area is 310 Å². The second kappa shape index (κ2) is 36.2. The molecule has 0 bridgehead atoms. The fourth-order valence-corrected chi connectivity index (χ4v) is 8.08. The standard InChI is InChI=1S/C44H86O6/c1-3-35-40(36-31-27-23-19-15-11-7-5-8-12-16-20-24-28-32-37-42(45)46)41(4-2)44(49,50)39-34-30-26-22-18-14-10-6-9-13-17-21-25-29-33-38-43(47)48/h40-41,49-50H,3-39H2,1-2H3,(H,45,46)(H,47,48). The first-order valence-corrected chi connectivity index (χ1v) is 22.1. The predicted octanol–water partition coefficient (Wildman–Crippen LogP) is 13.5. The van der Waals surface area contributed by atoms with Crippen LogP contribution in [0.2, 0.25) is 0 Å². The molecule has 298 valence electrons. The van der Waals surface area contributed by atoms with Gasteiger partial charge in [0.2, 0.25) is 0 Å². The van der Waals surface area contributed by atoms with Gasteiger partial charge in [-0.05, 0) is 38.0 Å². The molecule has 0 aromatic rings. The van der Waals surface area contributed by atoms with Crippen molar-refractivity contribution in [3.05, 3.63) is 0 Å². The molecule has 2 unspecified atom stereocenters. The lowest BCUT2D eigenvalue weighted by atomic mass is 9.76. The van der Waals surface area contributed by atoms with E-state index in [9.17, 15) is 19.8 Å². The van der Waals surface area contributed by atoms with Gasteiger partial charge >= 0.3 is 11.9 Å². The van der Waals surface area contributed by atoms with E-state index in [0.717, 1.165) is 64.2 Å². The lowest BCUT2D eigenvalue weighted by Crippen LogP contribution is -2.41. The maximum Gasteiger partial charge on any atom is 0.303 e. The van der Waals surface area contributed by atoms with E-state index in [0.29, 0.717) is 25.2 Å². The fourth-order valence-electron chi connectivity index (χ4n) is 8.08. The van der Waals surface area contributed by atoms with Crippen LogP contribution in [0.5, 0.6) is 0 Å². The highest BCUT2D eigenvalue weighted by molar-refractivity contribution is 5.66. The van der Waals surface area contributed by atoms with Crippen molar-refractivity contribution in [3.63, 3.8) is 0 Å². The van der Waals surface area contributed by atoms with Crippen molar-refractivity contribution >= 4 is 11.9 Å². The summed E-state index contributed by atoms with van der Waals surface area (Å²) in [6.07, 6.45) is 42.1. The molecule has 0 fully saturated rings. The first kappa shape index (κ1) is 48.9. The summed E-state index contributed by atoms with van der Waals surface area (Å²) in [4.78, 5) is 21.1. The predicted molar refractivity (Wildman–Crippen MR) is 212 cm³/mol. The number of aliphatic carboxylic acids is 2. The molecule has 0 aliphatic heterocycles. The molecule has 0 spiro atoms. The summed E-state index contributed by atoms with van der Waals surface area (Å²) in [5.74, 6) is -2.48. The van der Waals surface area contributed by atoms with Crippen molar-refractivity contribution in [1.29, 1.82) is 0 Å². The van der Waals surface area contributed by atoms with Gasteiger partial charge in [-0.1, -0.05) is 200 Å². The Kier molecular flexibility index (Phi) is 35.4. The molecule has 0 heterocycles. The quantitative estimate of drug-likeness (QED) is 0.0371. The Bertz CT molecular complexity index is 738. The Balaban J connectivity index is 3.82. The SMILES string of the molecule is CCCC(CCCCCCCCCCCCCCCCCC(=O)O)C(CC)C(O)(O)CCCCCCCCCCCCCCCCCC(=O)O. The monoisotopic (exact) mass is 711 g/mol. The van der Waals surface area contributed by atoms with Gasteiger partial charge in [-0.3, -0.25) is 9.59 Å². The molecule has 0 rings (SSSR count). The topological polar surface area (TPSA) is 115 Å². The molecule has 6 heteroatoms. The van der Waals surface area contributed by atoms with E-state index >= 15 is 0 Å². The van der Waals surface area contributed by atoms with Gasteiger partial charge in [0.05, 0.1) is 0 Å². The summed E-state index contributed by atoms with van der Waals surface area (Å²) in [5, 5.41) is 39.7. The molecule has 6 nitrogen and oxygen atoms in total. The Morgan fingerprint density at radius 3 is 0.980 bits per heavy atom. The average Bonchev–Trinajstić information content (AvgIpc) is 3.07. The zero-order valence-electron chi connectivity index (χ0n) is 33.4. The molecule has 0 aliphatic carbocycles. The minimum Gasteiger partial charge on any atom is -0.481 e. The number of hydrogen-bond donors (Lipinski definition) is 4. The third-order valence-electron chi connectivity index (χ3n) is 11.2. The van der Waals surface area contributed by atoms with Crippen molar-refractivity contribution in [2.75, 3.05) is 0 Å². The molecular formula is C44H86O6. The Morgan fingerprint density at radius 2 is 0.700 bits per heavy atom. The van der Waals surface area contributed by atoms with Crippen LogP contribution in [0.15, 0.2) is 0 Å². The van der Waals surface area contributed by atoms with E-state index in [1.807, 2.05) is 0 Å². The van der Waals surface area contributed by atoms with Crippen LogP contribution in [0.3, 0.4) is 0 Å². The van der Waals surface area contributed by atoms with Gasteiger partial charge in [-0.25, -0.2) is 0 Å². The van der Waals surface area contributed by atoms with Crippen LogP contribution in [0.1, 0.15) is 251 Å². The van der Waals surface area contributed by atoms with Crippen LogP contribution in [0.4, 0.5) is 0 Å². The van der Waals surface area contributed by atoms with Crippen LogP contribution < -0.4 is 0 Å². The summed E-state index contributed by atoms with van der Waals surface area (Å²) in [7, 11) is 0. The molecule has 0 aliphatic rings. The maximum absolute atomic E-state index is 11.2. The van der Waals surface area contributed by atoms with Gasteiger partial charge < -0.3 is 20.4 Å². The van der Waals surface area contributed by atoms with E-state index in [-0.39, 0.29) is 5.92 Å². The average molecular weight is 711 g/mol. The lowest BCUT2D eigenvalue weighted by molar-refractivity contribution is -0.219. The van der Waals surface area contributed by atoms with Gasteiger partial charge in [-0.2, -0.15) is 0 Å². The summed E-state index contributed by atoms with van der Waals surface area (Å²) in [6, 6.07) is 0. The molecule has 0 radical (unpaired) electrons. The van der Waals surface area contributed by atoms with Crippen LogP contribution in [0.25, 0.3) is 0 Å². The fraction of sp³-hybridized carbons (Fsp3) is 0.955. The summed E-state index contributed by atoms with van der Waals surface area (Å²) in [5.41, 5.74) is 0. The van der Waals surface area contributed by atoms with E-state index in [1.54, 1.807) is 0 Å². The molecule has 2 atom stereocenters. The molecule has 0 aromatic heterocycles. The second-order valence-electron chi connectivity index (χ2n) is 15.9. The smallest absolute Gasteiger partial charge is 0.303 e. The Morgan fingerprint density at radius 1 is 0.420 bits per heavy atom. The lowest BCUT2D eigenvalue weighted by Gasteiger charge is -2.37. The number of hydrogen-bond acceptors (Lipinski definition) is 4. The Hall–Kier alpha value is -1.14. The van der Waals surface area contributed by atoms with Gasteiger partial charge in [-0.15, -0.1) is 0 Å². The van der Waals surface area contributed by atoms with Crippen LogP contribution in [-0.4, -0.2) is 38.2 Å². The van der Waals surface area contributed by atoms with Gasteiger partial charge in [0.25, 0.3) is 0 Å². The normalized spacial score (nSPS) is 13.1. The zero-order valence-corrected chi connectivity index (χ0v) is 33.4. The molecule has 50 heavy (non-hydrogen) atoms. The molecular weight excluding hydrogens is 624 g/mol. The van der Waals surface area contributed by atoms with E-state index in [2.05, 4.69) is 13.8 Å². The third kappa shape index (κ3) is 32.7. The van der Waals surface area contributed by atoms with E-state index in [1.165, 1.54) is 154 Å². The number of aliphatic hydroxyl groups is 2. The van der Waals surface area contributed by atoms with Crippen LogP contribution in [-0.2, 0) is 9.59 Å². The number of carbonyl (C=O) groups is 2. The summed E-state index contributed by atoms with van der Waals surface area (Å²) >= 11 is 0. The number of unbranched alkanes of at least 4 members (excludes halogenated alkanes) is 28. The second-order valence-corrected chi connectivity index (χ2v) is 15.9. The number of rotatable bonds is 41. The van der Waals surface area contributed by atoms with Gasteiger partial charge in [0.15, 0.2) is 5.79 Å². The van der Waals surface area contributed by atoms with Gasteiger partial charge in [0.1, 0.15) is 0 Å². The maximum atomic E-state index is 11.2. The molecule has 0 saturated heterocycles. The van der Waals surface area contributed by atoms with Gasteiger partial charge in [0, 0.05) is 25.2 Å². The van der Waals surface area contributed by atoms with Crippen molar-refractivity contribution in [1.82, 2.24) is 0 Å². The minimum absolute atomic E-state index is 0.0173. The molecule has 0 amide bonds. The van der Waals surface area contributed by atoms with Crippen LogP contribution in [0, 0.1) is 11.8 Å². The number of carboxylic acids is 2. The molecule has 0 aromatic carbocycles. The third-order valence-corrected chi connectivity index (χ3v) is 11.2. The summed E-state index contributed by atoms with van der Waals surface area (Å²) in [6.45, 7) is 4.38. The number of carboxylic acid groups (broad SMARTS) is 2. The first-order chi connectivity index (χ1) is 24.2. The minimum atomic E-state index is -1.53. The van der Waals surface area contributed by atoms with E-state index in [4.69, 9.17) is 10.2 Å². The summed E-state index contributed by atoms with van der Waals surface area (Å²) < 4.78 is 0. The van der Waals surface area contributed by atoms with Crippen LogP contribution >= 0.6 is 0 Å². The van der Waals surface area contributed by atoms with Crippen molar-refractivity contribution in [2.24, 2.45) is 11.8 Å². The van der Waals surface area contributed by atoms with Crippen molar-refractivity contribution in [2.45, 2.75) is 257 Å². The van der Waals surface area contributed by atoms with Crippen molar-refractivity contribution < 1.29 is 30.0 Å². The first-order valence-electron chi connectivity index (χ1n) is 22.1.